The van der Waals surface area contributed by atoms with Crippen LogP contribution in [0.2, 0.25) is 10.0 Å². The van der Waals surface area contributed by atoms with Gasteiger partial charge in [0, 0.05) is 6.42 Å². The van der Waals surface area contributed by atoms with Crippen molar-refractivity contribution in [2.75, 3.05) is 6.54 Å². The molecule has 190 valence electrons. The number of benzene rings is 2. The fraction of sp³-hybridized carbons (Fsp3) is 0.360. The fourth-order valence-electron chi connectivity index (χ4n) is 4.36. The van der Waals surface area contributed by atoms with Gasteiger partial charge in [0.05, 0.1) is 10.0 Å². The van der Waals surface area contributed by atoms with E-state index in [-0.39, 0.29) is 12.3 Å². The quantitative estimate of drug-likeness (QED) is 0.513. The zero-order valence-electron chi connectivity index (χ0n) is 19.5. The van der Waals surface area contributed by atoms with Crippen LogP contribution in [0.15, 0.2) is 42.5 Å². The predicted molar refractivity (Wildman–Crippen MR) is 130 cm³/mol. The van der Waals surface area contributed by atoms with Crippen molar-refractivity contribution in [2.45, 2.75) is 45.0 Å². The third-order valence-corrected chi connectivity index (χ3v) is 6.59. The Morgan fingerprint density at radius 2 is 1.67 bits per heavy atom. The Balaban J connectivity index is 1.58. The van der Waals surface area contributed by atoms with Crippen molar-refractivity contribution in [3.05, 3.63) is 58.1 Å². The number of carboxylic acid groups (broad SMARTS) is 1. The Morgan fingerprint density at radius 1 is 1.03 bits per heavy atom. The van der Waals surface area contributed by atoms with Crippen LogP contribution in [0.25, 0.3) is 0 Å². The Morgan fingerprint density at radius 3 is 2.25 bits per heavy atom. The van der Waals surface area contributed by atoms with Crippen molar-refractivity contribution >= 4 is 47.0 Å². The highest BCUT2D eigenvalue weighted by atomic mass is 35.5. The van der Waals surface area contributed by atoms with Crippen molar-refractivity contribution in [2.24, 2.45) is 5.92 Å². The first kappa shape index (κ1) is 25.8. The molecule has 2 aromatic rings. The van der Waals surface area contributed by atoms with E-state index in [4.69, 9.17) is 32.7 Å². The summed E-state index contributed by atoms with van der Waals surface area (Å²) in [6.45, 7) is 3.09. The van der Waals surface area contributed by atoms with E-state index in [2.05, 4.69) is 0 Å². The minimum Gasteiger partial charge on any atom is -0.480 e. The highest BCUT2D eigenvalue weighted by Crippen LogP contribution is 2.36. The zero-order valence-corrected chi connectivity index (χ0v) is 21.0. The number of carbonyl (C=O) groups excluding carboxylic acids is 3. The summed E-state index contributed by atoms with van der Waals surface area (Å²) in [7, 11) is 0. The van der Waals surface area contributed by atoms with Gasteiger partial charge in [0.15, 0.2) is 5.75 Å². The number of piperazine rings is 1. The summed E-state index contributed by atoms with van der Waals surface area (Å²) in [6, 6.07) is 9.67. The molecule has 2 heterocycles. The average molecular weight is 535 g/mol. The maximum absolute atomic E-state index is 13.5. The van der Waals surface area contributed by atoms with Gasteiger partial charge < -0.3 is 19.5 Å². The number of para-hydroxylation sites is 1. The van der Waals surface area contributed by atoms with E-state index in [1.807, 2.05) is 13.8 Å². The lowest BCUT2D eigenvalue weighted by Crippen LogP contribution is -2.66. The van der Waals surface area contributed by atoms with Gasteiger partial charge in [0.2, 0.25) is 5.91 Å². The first-order chi connectivity index (χ1) is 17.1. The number of amides is 2. The van der Waals surface area contributed by atoms with Gasteiger partial charge in [-0.05, 0) is 42.2 Å². The third-order valence-electron chi connectivity index (χ3n) is 5.99. The number of aliphatic carboxylic acids is 1. The van der Waals surface area contributed by atoms with Crippen LogP contribution in [-0.4, -0.2) is 63.5 Å². The molecule has 0 aliphatic carbocycles. The van der Waals surface area contributed by atoms with Gasteiger partial charge in [-0.1, -0.05) is 55.2 Å². The van der Waals surface area contributed by atoms with E-state index in [0.29, 0.717) is 33.5 Å². The molecule has 0 bridgehead atoms. The minimum absolute atomic E-state index is 0.0385. The molecule has 0 radical (unpaired) electrons. The molecule has 36 heavy (non-hydrogen) atoms. The van der Waals surface area contributed by atoms with Crippen LogP contribution < -0.4 is 4.74 Å². The minimum atomic E-state index is -1.44. The molecule has 1 N–H and O–H groups in total. The number of nitrogens with zero attached hydrogens (tertiary/aromatic N) is 2. The fourth-order valence-corrected chi connectivity index (χ4v) is 4.84. The second kappa shape index (κ2) is 10.4. The van der Waals surface area contributed by atoms with E-state index in [9.17, 15) is 24.3 Å². The molecule has 0 saturated carbocycles. The SMILES string of the molecule is CC(C)CC1C(=O)OC2C(=O)N(CC(=O)O)C(Cc3ccc(Oc4c(Cl)cccc4Cl)cc3)C(=O)N12. The monoisotopic (exact) mass is 534 g/mol. The largest absolute Gasteiger partial charge is 0.480 e. The van der Waals surface area contributed by atoms with E-state index in [1.165, 1.54) is 4.90 Å². The van der Waals surface area contributed by atoms with E-state index in [0.717, 1.165) is 4.90 Å². The van der Waals surface area contributed by atoms with Crippen LogP contribution in [0.4, 0.5) is 0 Å². The number of esters is 1. The van der Waals surface area contributed by atoms with Crippen LogP contribution in [0.1, 0.15) is 25.8 Å². The molecule has 2 fully saturated rings. The maximum Gasteiger partial charge on any atom is 0.331 e. The first-order valence-electron chi connectivity index (χ1n) is 11.3. The van der Waals surface area contributed by atoms with Crippen molar-refractivity contribution < 1.29 is 33.8 Å². The highest BCUT2D eigenvalue weighted by molar-refractivity contribution is 6.37. The molecule has 2 amide bonds. The summed E-state index contributed by atoms with van der Waals surface area (Å²) in [5.41, 5.74) is 0.652. The number of hydrogen-bond donors (Lipinski definition) is 1. The van der Waals surface area contributed by atoms with Crippen molar-refractivity contribution in [3.8, 4) is 11.5 Å². The molecule has 11 heteroatoms. The Bertz CT molecular complexity index is 1180. The molecule has 2 aromatic carbocycles. The number of fused-ring (bicyclic) bond motifs is 1. The number of rotatable bonds is 8. The van der Waals surface area contributed by atoms with Crippen LogP contribution in [-0.2, 0) is 30.3 Å². The van der Waals surface area contributed by atoms with Crippen LogP contribution in [0, 0.1) is 5.92 Å². The number of carboxylic acids is 1. The molecule has 0 aromatic heterocycles. The van der Waals surface area contributed by atoms with Crippen LogP contribution >= 0.6 is 23.2 Å². The van der Waals surface area contributed by atoms with E-state index < -0.39 is 48.6 Å². The Hall–Kier alpha value is -3.30. The molecule has 3 atom stereocenters. The maximum atomic E-state index is 13.5. The summed E-state index contributed by atoms with van der Waals surface area (Å²) >= 11 is 12.3. The molecule has 2 aliphatic heterocycles. The number of hydrogen-bond acceptors (Lipinski definition) is 6. The molecule has 4 rings (SSSR count). The van der Waals surface area contributed by atoms with Gasteiger partial charge in [0.25, 0.3) is 12.1 Å². The van der Waals surface area contributed by atoms with Gasteiger partial charge in [-0.15, -0.1) is 0 Å². The van der Waals surface area contributed by atoms with E-state index in [1.54, 1.807) is 42.5 Å². The lowest BCUT2D eigenvalue weighted by Gasteiger charge is -2.41. The molecule has 0 spiro atoms. The van der Waals surface area contributed by atoms with Crippen LogP contribution in [0.3, 0.4) is 0 Å². The standard InChI is InChI=1S/C25H24Cl2N2O7/c1-13(2)10-19-25(34)36-24-23(33)28(12-20(30)31)18(22(32)29(19)24)11-14-6-8-15(9-7-14)35-21-16(26)4-3-5-17(21)27/h3-9,13,18-19,24H,10-12H2,1-2H3,(H,30,31). The van der Waals surface area contributed by atoms with Gasteiger partial charge >= 0.3 is 11.9 Å². The zero-order chi connectivity index (χ0) is 26.1. The first-order valence-corrected chi connectivity index (χ1v) is 12.1. The van der Waals surface area contributed by atoms with Crippen molar-refractivity contribution in [1.29, 1.82) is 0 Å². The van der Waals surface area contributed by atoms with E-state index >= 15 is 0 Å². The number of ether oxygens (including phenoxy) is 2. The smallest absolute Gasteiger partial charge is 0.331 e. The molecule has 2 saturated heterocycles. The second-order valence-corrected chi connectivity index (χ2v) is 9.87. The second-order valence-electron chi connectivity index (χ2n) is 9.06. The third kappa shape index (κ3) is 5.12. The number of halogens is 2. The Kier molecular flexibility index (Phi) is 7.42. The molecular formula is C25H24Cl2N2O7. The van der Waals surface area contributed by atoms with Gasteiger partial charge in [-0.25, -0.2) is 4.79 Å². The summed E-state index contributed by atoms with van der Waals surface area (Å²) in [5.74, 6) is -2.38. The summed E-state index contributed by atoms with van der Waals surface area (Å²) in [5, 5.41) is 10.1. The molecule has 2 aliphatic rings. The van der Waals surface area contributed by atoms with Gasteiger partial charge in [0.1, 0.15) is 24.4 Å². The molecule has 9 nitrogen and oxygen atoms in total. The van der Waals surface area contributed by atoms with Gasteiger partial charge in [-0.3, -0.25) is 19.3 Å². The van der Waals surface area contributed by atoms with Gasteiger partial charge in [-0.2, -0.15) is 0 Å². The highest BCUT2D eigenvalue weighted by Gasteiger charge is 2.56. The van der Waals surface area contributed by atoms with Crippen molar-refractivity contribution in [1.82, 2.24) is 9.80 Å². The number of carbonyl (C=O) groups is 4. The van der Waals surface area contributed by atoms with Crippen molar-refractivity contribution in [3.63, 3.8) is 0 Å². The van der Waals surface area contributed by atoms with Crippen LogP contribution in [0.5, 0.6) is 11.5 Å². The summed E-state index contributed by atoms with van der Waals surface area (Å²) in [6.07, 6.45) is -1.08. The summed E-state index contributed by atoms with van der Waals surface area (Å²) in [4.78, 5) is 52.7. The normalized spacial score (nSPS) is 21.6. The lowest BCUT2D eigenvalue weighted by molar-refractivity contribution is -0.175. The Labute approximate surface area is 217 Å². The predicted octanol–water partition coefficient (Wildman–Crippen LogP) is 3.75. The lowest BCUT2D eigenvalue weighted by atomic mass is 9.97. The average Bonchev–Trinajstić information content (AvgIpc) is 3.13. The summed E-state index contributed by atoms with van der Waals surface area (Å²) < 4.78 is 11.0. The molecule has 3 unspecified atom stereocenters. The topological polar surface area (TPSA) is 113 Å². The molecular weight excluding hydrogens is 511 g/mol.